The van der Waals surface area contributed by atoms with Gasteiger partial charge in [-0.2, -0.15) is 0 Å². The van der Waals surface area contributed by atoms with Crippen molar-refractivity contribution >= 4 is 35.3 Å². The van der Waals surface area contributed by atoms with E-state index in [-0.39, 0.29) is 24.5 Å². The molecule has 31 heavy (non-hydrogen) atoms. The quantitative estimate of drug-likeness (QED) is 0.512. The molecule has 0 aliphatic carbocycles. The fourth-order valence-electron chi connectivity index (χ4n) is 3.17. The minimum atomic E-state index is -0.840. The molecule has 1 aliphatic rings. The molecule has 9 nitrogen and oxygen atoms in total. The largest absolute Gasteiger partial charge is 0.487 e. The van der Waals surface area contributed by atoms with Gasteiger partial charge in [-0.3, -0.25) is 4.79 Å². The Morgan fingerprint density at radius 3 is 2.77 bits per heavy atom. The third-order valence-electron chi connectivity index (χ3n) is 4.98. The van der Waals surface area contributed by atoms with Crippen LogP contribution in [0, 0.1) is 5.92 Å². The van der Waals surface area contributed by atoms with Crippen LogP contribution in [0.3, 0.4) is 0 Å². The summed E-state index contributed by atoms with van der Waals surface area (Å²) < 4.78 is 11.0. The Kier molecular flexibility index (Phi) is 7.21. The molecule has 2 amide bonds. The molecule has 0 spiro atoms. The number of hydrogen-bond acceptors (Lipinski definition) is 8. The van der Waals surface area contributed by atoms with Crippen LogP contribution in [0.4, 0.5) is 16.3 Å². The molecule has 0 saturated heterocycles. The Bertz CT molecular complexity index is 955. The second-order valence-corrected chi connectivity index (χ2v) is 8.27. The van der Waals surface area contributed by atoms with Crippen LogP contribution in [0.15, 0.2) is 35.6 Å². The van der Waals surface area contributed by atoms with Gasteiger partial charge in [-0.05, 0) is 24.3 Å². The molecule has 10 heteroatoms. The predicted molar refractivity (Wildman–Crippen MR) is 120 cm³/mol. The first kappa shape index (κ1) is 22.7. The summed E-state index contributed by atoms with van der Waals surface area (Å²) in [5.74, 6) is 1.12. The van der Waals surface area contributed by atoms with Gasteiger partial charge < -0.3 is 25.0 Å². The van der Waals surface area contributed by atoms with Crippen LogP contribution >= 0.6 is 11.8 Å². The van der Waals surface area contributed by atoms with E-state index in [1.54, 1.807) is 23.2 Å². The molecule has 2 heterocycles. The van der Waals surface area contributed by atoms with E-state index in [4.69, 9.17) is 15.2 Å². The molecule has 0 radical (unpaired) electrons. The summed E-state index contributed by atoms with van der Waals surface area (Å²) in [6, 6.07) is 7.29. The minimum absolute atomic E-state index is 0.0488. The maximum atomic E-state index is 13.3. The maximum Gasteiger partial charge on any atom is 0.404 e. The lowest BCUT2D eigenvalue weighted by molar-refractivity contribution is 0.0622. The van der Waals surface area contributed by atoms with Gasteiger partial charge in [0, 0.05) is 38.1 Å². The summed E-state index contributed by atoms with van der Waals surface area (Å²) >= 11 is 1.43. The van der Waals surface area contributed by atoms with E-state index < -0.39 is 6.09 Å². The van der Waals surface area contributed by atoms with Crippen LogP contribution in [-0.2, 0) is 4.74 Å². The van der Waals surface area contributed by atoms with Gasteiger partial charge in [0.15, 0.2) is 5.16 Å². The SMILES string of the molecule is CSc1ncc2c(n1)N(C)CCN(c1cccc(OC(COC(N)=O)C(C)C)c1)C2=O. The number of likely N-dealkylation sites (N-methyl/N-ethyl adjacent to an activating group) is 1. The summed E-state index contributed by atoms with van der Waals surface area (Å²) in [5.41, 5.74) is 6.24. The van der Waals surface area contributed by atoms with Gasteiger partial charge in [-0.1, -0.05) is 31.7 Å². The standard InChI is InChI=1S/C21H27N5O4S/c1-13(2)17(12-29-20(22)28)30-15-7-5-6-14(10-15)26-9-8-25(3)18-16(19(26)27)11-23-21(24-18)31-4/h5-7,10-11,13,17H,8-9,12H2,1-4H3,(H2,22,28). The van der Waals surface area contributed by atoms with Crippen molar-refractivity contribution < 1.29 is 19.1 Å². The molecule has 0 bridgehead atoms. The number of rotatable bonds is 7. The van der Waals surface area contributed by atoms with Crippen molar-refractivity contribution in [1.82, 2.24) is 9.97 Å². The van der Waals surface area contributed by atoms with Crippen molar-refractivity contribution in [3.63, 3.8) is 0 Å². The van der Waals surface area contributed by atoms with Gasteiger partial charge in [-0.15, -0.1) is 0 Å². The molecule has 1 atom stereocenters. The number of carbonyl (C=O) groups is 2. The normalized spacial score (nSPS) is 14.8. The number of anilines is 2. The van der Waals surface area contributed by atoms with Crippen LogP contribution in [0.2, 0.25) is 0 Å². The number of aromatic nitrogens is 2. The lowest BCUT2D eigenvalue weighted by atomic mass is 10.1. The number of carbonyl (C=O) groups excluding carboxylic acids is 2. The highest BCUT2D eigenvalue weighted by molar-refractivity contribution is 7.98. The molecule has 2 N–H and O–H groups in total. The van der Waals surface area contributed by atoms with E-state index in [1.165, 1.54) is 11.8 Å². The molecule has 3 rings (SSSR count). The topological polar surface area (TPSA) is 111 Å². The van der Waals surface area contributed by atoms with Crippen LogP contribution in [0.1, 0.15) is 24.2 Å². The number of benzene rings is 1. The van der Waals surface area contributed by atoms with Crippen LogP contribution < -0.4 is 20.3 Å². The van der Waals surface area contributed by atoms with Crippen molar-refractivity contribution in [1.29, 1.82) is 0 Å². The summed E-state index contributed by atoms with van der Waals surface area (Å²) in [7, 11) is 1.91. The fraction of sp³-hybridized carbons (Fsp3) is 0.429. The molecule has 0 fully saturated rings. The summed E-state index contributed by atoms with van der Waals surface area (Å²) in [5, 5.41) is 0.625. The minimum Gasteiger partial charge on any atom is -0.487 e. The zero-order valence-electron chi connectivity index (χ0n) is 18.1. The molecular weight excluding hydrogens is 418 g/mol. The number of hydrogen-bond donors (Lipinski definition) is 1. The molecule has 1 aromatic heterocycles. The van der Waals surface area contributed by atoms with Gasteiger partial charge in [0.25, 0.3) is 5.91 Å². The first-order valence-electron chi connectivity index (χ1n) is 9.93. The zero-order chi connectivity index (χ0) is 22.5. The number of primary amides is 1. The number of fused-ring (bicyclic) bond motifs is 1. The van der Waals surface area contributed by atoms with Crippen molar-refractivity contribution in [3.8, 4) is 5.75 Å². The molecule has 1 unspecified atom stereocenters. The van der Waals surface area contributed by atoms with Gasteiger partial charge in [0.05, 0.1) is 0 Å². The average molecular weight is 446 g/mol. The molecule has 2 aromatic rings. The lowest BCUT2D eigenvalue weighted by Crippen LogP contribution is -2.34. The molecular formula is C21H27N5O4S. The lowest BCUT2D eigenvalue weighted by Gasteiger charge is -2.24. The van der Waals surface area contributed by atoms with Crippen molar-refractivity contribution in [2.45, 2.75) is 25.1 Å². The molecule has 166 valence electrons. The predicted octanol–water partition coefficient (Wildman–Crippen LogP) is 2.79. The van der Waals surface area contributed by atoms with Crippen molar-refractivity contribution in [2.24, 2.45) is 11.7 Å². The molecule has 1 aromatic carbocycles. The van der Waals surface area contributed by atoms with Crippen LogP contribution in [0.5, 0.6) is 5.75 Å². The highest BCUT2D eigenvalue weighted by atomic mass is 32.2. The van der Waals surface area contributed by atoms with Crippen molar-refractivity contribution in [3.05, 3.63) is 36.0 Å². The molecule has 1 aliphatic heterocycles. The van der Waals surface area contributed by atoms with E-state index in [2.05, 4.69) is 9.97 Å². The third kappa shape index (κ3) is 5.38. The van der Waals surface area contributed by atoms with Gasteiger partial charge in [0.1, 0.15) is 29.8 Å². The van der Waals surface area contributed by atoms with Gasteiger partial charge in [0.2, 0.25) is 0 Å². The van der Waals surface area contributed by atoms with E-state index in [9.17, 15) is 9.59 Å². The first-order valence-corrected chi connectivity index (χ1v) is 11.2. The smallest absolute Gasteiger partial charge is 0.404 e. The van der Waals surface area contributed by atoms with Gasteiger partial charge >= 0.3 is 6.09 Å². The Balaban J connectivity index is 1.85. The van der Waals surface area contributed by atoms with Crippen LogP contribution in [-0.4, -0.2) is 61.1 Å². The average Bonchev–Trinajstić information content (AvgIpc) is 2.87. The van der Waals surface area contributed by atoms with Gasteiger partial charge in [-0.25, -0.2) is 14.8 Å². The highest BCUT2D eigenvalue weighted by Crippen LogP contribution is 2.29. The monoisotopic (exact) mass is 445 g/mol. The fourth-order valence-corrected chi connectivity index (χ4v) is 3.51. The first-order chi connectivity index (χ1) is 14.8. The second-order valence-electron chi connectivity index (χ2n) is 7.50. The van der Waals surface area contributed by atoms with E-state index >= 15 is 0 Å². The van der Waals surface area contributed by atoms with E-state index in [0.717, 1.165) is 0 Å². The third-order valence-corrected chi connectivity index (χ3v) is 5.54. The second kappa shape index (κ2) is 9.86. The molecule has 0 saturated carbocycles. The summed E-state index contributed by atoms with van der Waals surface area (Å²) in [6.07, 6.45) is 2.28. The van der Waals surface area contributed by atoms with Crippen molar-refractivity contribution in [2.75, 3.05) is 42.8 Å². The van der Waals surface area contributed by atoms with Crippen LogP contribution in [0.25, 0.3) is 0 Å². The summed E-state index contributed by atoms with van der Waals surface area (Å²) in [6.45, 7) is 5.09. The highest BCUT2D eigenvalue weighted by Gasteiger charge is 2.28. The number of nitrogens with two attached hydrogens (primary N) is 1. The Morgan fingerprint density at radius 2 is 2.10 bits per heavy atom. The van der Waals surface area contributed by atoms with E-state index in [0.29, 0.717) is 41.1 Å². The Labute approximate surface area is 185 Å². The number of amides is 2. The van der Waals surface area contributed by atoms with E-state index in [1.807, 2.05) is 44.2 Å². The maximum absolute atomic E-state index is 13.3. The summed E-state index contributed by atoms with van der Waals surface area (Å²) in [4.78, 5) is 36.7. The zero-order valence-corrected chi connectivity index (χ0v) is 18.9. The number of thioether (sulfide) groups is 1. The Morgan fingerprint density at radius 1 is 1.32 bits per heavy atom. The Hall–Kier alpha value is -3.01. The number of ether oxygens (including phenoxy) is 2. The number of nitrogens with zero attached hydrogens (tertiary/aromatic N) is 4.